The molecule has 0 saturated carbocycles. The number of nitrogens with one attached hydrogen (secondary N) is 1. The molecule has 3 atom stereocenters. The van der Waals surface area contributed by atoms with Crippen molar-refractivity contribution in [1.29, 1.82) is 0 Å². The Labute approximate surface area is 202 Å². The van der Waals surface area contributed by atoms with E-state index in [2.05, 4.69) is 33.0 Å². The summed E-state index contributed by atoms with van der Waals surface area (Å²) in [5, 5.41) is 3.00. The summed E-state index contributed by atoms with van der Waals surface area (Å²) >= 11 is 0. The first-order valence-electron chi connectivity index (χ1n) is 12.2. The van der Waals surface area contributed by atoms with Gasteiger partial charge in [-0.2, -0.15) is 0 Å². The number of benzene rings is 2. The Morgan fingerprint density at radius 1 is 0.971 bits per heavy atom. The number of para-hydroxylation sites is 2. The molecule has 1 heterocycles. The van der Waals surface area contributed by atoms with Crippen LogP contribution in [-0.4, -0.2) is 38.3 Å². The third-order valence-corrected chi connectivity index (χ3v) is 6.37. The highest BCUT2D eigenvalue weighted by molar-refractivity contribution is 5.92. The second-order valence-electron chi connectivity index (χ2n) is 8.83. The van der Waals surface area contributed by atoms with Crippen LogP contribution in [0, 0.1) is 0 Å². The fourth-order valence-electron chi connectivity index (χ4n) is 4.19. The van der Waals surface area contributed by atoms with Crippen molar-refractivity contribution in [3.05, 3.63) is 72.1 Å². The van der Waals surface area contributed by atoms with E-state index < -0.39 is 0 Å². The summed E-state index contributed by atoms with van der Waals surface area (Å²) in [4.78, 5) is 32.9. The normalized spacial score (nSPS) is 14.1. The van der Waals surface area contributed by atoms with Crippen LogP contribution in [0.25, 0.3) is 17.1 Å². The van der Waals surface area contributed by atoms with Crippen LogP contribution >= 0.6 is 0 Å². The van der Waals surface area contributed by atoms with Gasteiger partial charge in [0.15, 0.2) is 0 Å². The summed E-state index contributed by atoms with van der Waals surface area (Å²) in [7, 11) is 0. The molecule has 2 aromatic carbocycles. The number of carbonyl (C=O) groups excluding carboxylic acids is 2. The van der Waals surface area contributed by atoms with Gasteiger partial charge in [-0.3, -0.25) is 9.59 Å². The molecule has 0 bridgehead atoms. The van der Waals surface area contributed by atoms with Crippen molar-refractivity contribution in [3.8, 4) is 0 Å². The zero-order chi connectivity index (χ0) is 24.7. The molecule has 6 nitrogen and oxygen atoms in total. The van der Waals surface area contributed by atoms with Gasteiger partial charge in [-0.1, -0.05) is 56.3 Å². The van der Waals surface area contributed by atoms with Gasteiger partial charge in [-0.05, 0) is 57.4 Å². The quantitative estimate of drug-likeness (QED) is 0.415. The van der Waals surface area contributed by atoms with Gasteiger partial charge in [0, 0.05) is 18.2 Å². The highest BCUT2D eigenvalue weighted by atomic mass is 16.2. The third-order valence-electron chi connectivity index (χ3n) is 6.37. The Morgan fingerprint density at radius 2 is 1.59 bits per heavy atom. The second-order valence-corrected chi connectivity index (χ2v) is 8.83. The average molecular weight is 461 g/mol. The summed E-state index contributed by atoms with van der Waals surface area (Å²) in [5.74, 6) is 0.530. The smallest absolute Gasteiger partial charge is 0.244 e. The van der Waals surface area contributed by atoms with Crippen molar-refractivity contribution in [1.82, 2.24) is 19.8 Å². The van der Waals surface area contributed by atoms with E-state index in [1.54, 1.807) is 6.08 Å². The molecular formula is C28H36N4O2. The molecule has 0 aliphatic rings. The molecule has 0 radical (unpaired) electrons. The lowest BCUT2D eigenvalue weighted by Crippen LogP contribution is -2.46. The molecule has 3 aromatic rings. The lowest BCUT2D eigenvalue weighted by Gasteiger charge is -2.34. The minimum atomic E-state index is -0.367. The van der Waals surface area contributed by atoms with Crippen LogP contribution in [0.2, 0.25) is 0 Å². The number of hydrogen-bond acceptors (Lipinski definition) is 3. The van der Waals surface area contributed by atoms with Gasteiger partial charge in [0.25, 0.3) is 0 Å². The Kier molecular flexibility index (Phi) is 8.63. The Bertz CT molecular complexity index is 1130. The number of nitrogens with zero attached hydrogens (tertiary/aromatic N) is 3. The average Bonchev–Trinajstić information content (AvgIpc) is 3.21. The maximum Gasteiger partial charge on any atom is 0.244 e. The molecule has 2 amide bonds. The number of aromatic nitrogens is 2. The number of rotatable bonds is 10. The molecule has 6 heteroatoms. The van der Waals surface area contributed by atoms with Crippen molar-refractivity contribution < 1.29 is 9.59 Å². The van der Waals surface area contributed by atoms with E-state index in [0.29, 0.717) is 5.82 Å². The standard InChI is InChI=1S/C28H36N4O2/c1-6-20(3)32(21(4)7-2)27(34)19-31-25-16-12-11-15-24(25)30-28(31)22(5)29-26(33)18-17-23-13-9-8-10-14-23/h8-18,20-22H,6-7,19H2,1-5H3,(H,29,33)/b18-17-. The van der Waals surface area contributed by atoms with Gasteiger partial charge in [-0.25, -0.2) is 4.98 Å². The highest BCUT2D eigenvalue weighted by Crippen LogP contribution is 2.22. The van der Waals surface area contributed by atoms with Crippen LogP contribution < -0.4 is 5.32 Å². The number of fused-ring (bicyclic) bond motifs is 1. The topological polar surface area (TPSA) is 67.2 Å². The number of carbonyl (C=O) groups is 2. The molecule has 3 rings (SSSR count). The van der Waals surface area contributed by atoms with Crippen LogP contribution in [0.3, 0.4) is 0 Å². The zero-order valence-electron chi connectivity index (χ0n) is 20.9. The molecule has 180 valence electrons. The fourth-order valence-corrected chi connectivity index (χ4v) is 4.19. The summed E-state index contributed by atoms with van der Waals surface area (Å²) in [6.07, 6.45) is 5.10. The summed E-state index contributed by atoms with van der Waals surface area (Å²) < 4.78 is 1.95. The SMILES string of the molecule is CCC(C)N(C(=O)Cn1c(C(C)NC(=O)/C=C\c2ccccc2)nc2ccccc21)C(C)CC. The third kappa shape index (κ3) is 5.93. The zero-order valence-corrected chi connectivity index (χ0v) is 20.9. The van der Waals surface area contributed by atoms with Crippen molar-refractivity contribution in [2.45, 2.75) is 72.1 Å². The fraction of sp³-hybridized carbons (Fsp3) is 0.393. The molecule has 0 spiro atoms. The summed E-state index contributed by atoms with van der Waals surface area (Å²) in [5.41, 5.74) is 2.66. The van der Waals surface area contributed by atoms with E-state index in [-0.39, 0.29) is 36.5 Å². The van der Waals surface area contributed by atoms with E-state index in [1.165, 1.54) is 6.08 Å². The Balaban J connectivity index is 1.86. The molecule has 0 aliphatic carbocycles. The maximum atomic E-state index is 13.5. The minimum Gasteiger partial charge on any atom is -0.343 e. The van der Waals surface area contributed by atoms with E-state index in [4.69, 9.17) is 4.98 Å². The van der Waals surface area contributed by atoms with Gasteiger partial charge in [-0.15, -0.1) is 0 Å². The lowest BCUT2D eigenvalue weighted by molar-refractivity contribution is -0.136. The first kappa shape index (κ1) is 25.2. The van der Waals surface area contributed by atoms with Crippen LogP contribution in [-0.2, 0) is 16.1 Å². The van der Waals surface area contributed by atoms with Crippen molar-refractivity contribution in [3.63, 3.8) is 0 Å². The Hall–Kier alpha value is -3.41. The largest absolute Gasteiger partial charge is 0.343 e. The van der Waals surface area contributed by atoms with E-state index in [9.17, 15) is 9.59 Å². The molecule has 0 saturated heterocycles. The predicted octanol–water partition coefficient (Wildman–Crippen LogP) is 5.35. The van der Waals surface area contributed by atoms with Gasteiger partial charge >= 0.3 is 0 Å². The first-order valence-corrected chi connectivity index (χ1v) is 12.2. The van der Waals surface area contributed by atoms with Gasteiger partial charge < -0.3 is 14.8 Å². The highest BCUT2D eigenvalue weighted by Gasteiger charge is 2.26. The van der Waals surface area contributed by atoms with Crippen LogP contribution in [0.15, 0.2) is 60.7 Å². The number of amides is 2. The van der Waals surface area contributed by atoms with Crippen molar-refractivity contribution in [2.24, 2.45) is 0 Å². The van der Waals surface area contributed by atoms with Gasteiger partial charge in [0.05, 0.1) is 17.1 Å². The van der Waals surface area contributed by atoms with Gasteiger partial charge in [0.1, 0.15) is 12.4 Å². The first-order chi connectivity index (χ1) is 16.3. The molecule has 3 unspecified atom stereocenters. The van der Waals surface area contributed by atoms with Crippen LogP contribution in [0.5, 0.6) is 0 Å². The van der Waals surface area contributed by atoms with Crippen LogP contribution in [0.1, 0.15) is 64.9 Å². The predicted molar refractivity (Wildman–Crippen MR) is 138 cm³/mol. The maximum absolute atomic E-state index is 13.5. The van der Waals surface area contributed by atoms with Gasteiger partial charge in [0.2, 0.25) is 11.8 Å². The number of hydrogen-bond donors (Lipinski definition) is 1. The second kappa shape index (κ2) is 11.6. The summed E-state index contributed by atoms with van der Waals surface area (Å²) in [6, 6.07) is 17.4. The molecule has 0 aliphatic heterocycles. The molecule has 34 heavy (non-hydrogen) atoms. The monoisotopic (exact) mass is 460 g/mol. The Morgan fingerprint density at radius 3 is 2.24 bits per heavy atom. The minimum absolute atomic E-state index is 0.0654. The molecular weight excluding hydrogens is 424 g/mol. The van der Waals surface area contributed by atoms with E-state index >= 15 is 0 Å². The molecule has 1 N–H and O–H groups in total. The van der Waals surface area contributed by atoms with Crippen molar-refractivity contribution >= 4 is 28.9 Å². The van der Waals surface area contributed by atoms with E-state index in [0.717, 1.165) is 29.4 Å². The van der Waals surface area contributed by atoms with Crippen LogP contribution in [0.4, 0.5) is 0 Å². The van der Waals surface area contributed by atoms with Crippen molar-refractivity contribution in [2.75, 3.05) is 0 Å². The molecule has 1 aromatic heterocycles. The molecule has 0 fully saturated rings. The summed E-state index contributed by atoms with van der Waals surface area (Å²) in [6.45, 7) is 10.5. The van der Waals surface area contributed by atoms with E-state index in [1.807, 2.05) is 71.0 Å². The number of imidazole rings is 1. The lowest BCUT2D eigenvalue weighted by atomic mass is 10.1.